The van der Waals surface area contributed by atoms with Crippen LogP contribution >= 0.6 is 27.5 Å². The van der Waals surface area contributed by atoms with Gasteiger partial charge >= 0.3 is 0 Å². The summed E-state index contributed by atoms with van der Waals surface area (Å²) in [5.41, 5.74) is 1.99. The lowest BCUT2D eigenvalue weighted by molar-refractivity contribution is -0.139. The van der Waals surface area contributed by atoms with E-state index in [-0.39, 0.29) is 23.3 Å². The van der Waals surface area contributed by atoms with Crippen LogP contribution in [0, 0.1) is 12.8 Å². The summed E-state index contributed by atoms with van der Waals surface area (Å²) in [6, 6.07) is 19.3. The minimum absolute atomic E-state index is 0.0628. The van der Waals surface area contributed by atoms with Gasteiger partial charge in [0.2, 0.25) is 11.8 Å². The van der Waals surface area contributed by atoms with Crippen molar-refractivity contribution in [3.8, 4) is 0 Å². The van der Waals surface area contributed by atoms with Crippen LogP contribution in [0.3, 0.4) is 0 Å². The van der Waals surface area contributed by atoms with Crippen molar-refractivity contribution in [1.29, 1.82) is 0 Å². The van der Waals surface area contributed by atoms with Crippen molar-refractivity contribution in [2.45, 2.75) is 45.2 Å². The summed E-state index contributed by atoms with van der Waals surface area (Å²) in [6.07, 6.45) is 0. The molecular weight excluding hydrogens is 602 g/mol. The zero-order valence-electron chi connectivity index (χ0n) is 22.4. The topological polar surface area (TPSA) is 86.8 Å². The Balaban J connectivity index is 2.01. The fraction of sp³-hybridized carbons (Fsp3) is 0.310. The van der Waals surface area contributed by atoms with E-state index in [2.05, 4.69) is 21.2 Å². The van der Waals surface area contributed by atoms with Gasteiger partial charge in [-0.3, -0.25) is 13.9 Å². The van der Waals surface area contributed by atoms with E-state index in [4.69, 9.17) is 11.6 Å². The van der Waals surface area contributed by atoms with Crippen LogP contribution in [0.4, 0.5) is 5.69 Å². The van der Waals surface area contributed by atoms with Gasteiger partial charge in [-0.1, -0.05) is 77.3 Å². The predicted octanol–water partition coefficient (Wildman–Crippen LogP) is 5.80. The number of hydrogen-bond acceptors (Lipinski definition) is 4. The second kappa shape index (κ2) is 13.5. The van der Waals surface area contributed by atoms with Gasteiger partial charge in [-0.15, -0.1) is 0 Å². The number of anilines is 1. The summed E-state index contributed by atoms with van der Waals surface area (Å²) >= 11 is 9.44. The first-order valence-corrected chi connectivity index (χ1v) is 15.2. The molecule has 0 saturated carbocycles. The van der Waals surface area contributed by atoms with Crippen LogP contribution in [0.25, 0.3) is 0 Å². The van der Waals surface area contributed by atoms with E-state index in [9.17, 15) is 18.0 Å². The van der Waals surface area contributed by atoms with E-state index in [1.54, 1.807) is 67.6 Å². The van der Waals surface area contributed by atoms with Crippen molar-refractivity contribution in [2.75, 3.05) is 17.4 Å². The summed E-state index contributed by atoms with van der Waals surface area (Å²) < 4.78 is 29.4. The summed E-state index contributed by atoms with van der Waals surface area (Å²) in [5, 5.41) is 3.42. The number of amides is 2. The van der Waals surface area contributed by atoms with E-state index < -0.39 is 28.5 Å². The van der Waals surface area contributed by atoms with Gasteiger partial charge in [0.15, 0.2) is 0 Å². The maximum atomic E-state index is 13.9. The van der Waals surface area contributed by atoms with E-state index in [1.165, 1.54) is 17.0 Å². The Morgan fingerprint density at radius 1 is 0.974 bits per heavy atom. The van der Waals surface area contributed by atoms with Crippen molar-refractivity contribution in [2.24, 2.45) is 5.92 Å². The van der Waals surface area contributed by atoms with Crippen LogP contribution in [-0.4, -0.2) is 44.3 Å². The molecule has 3 rings (SSSR count). The number of carbonyl (C=O) groups is 2. The van der Waals surface area contributed by atoms with Crippen molar-refractivity contribution < 1.29 is 18.0 Å². The summed E-state index contributed by atoms with van der Waals surface area (Å²) in [5.74, 6) is -0.609. The Morgan fingerprint density at radius 2 is 1.62 bits per heavy atom. The maximum absolute atomic E-state index is 13.9. The Labute approximate surface area is 244 Å². The van der Waals surface area contributed by atoms with Crippen LogP contribution in [-0.2, 0) is 26.2 Å². The van der Waals surface area contributed by atoms with Gasteiger partial charge in [0.25, 0.3) is 10.0 Å². The Hall–Kier alpha value is -2.88. The van der Waals surface area contributed by atoms with Gasteiger partial charge in [0.1, 0.15) is 12.6 Å². The monoisotopic (exact) mass is 633 g/mol. The fourth-order valence-electron chi connectivity index (χ4n) is 3.82. The highest BCUT2D eigenvalue weighted by Gasteiger charge is 2.32. The van der Waals surface area contributed by atoms with Crippen LogP contribution in [0.15, 0.2) is 82.2 Å². The lowest BCUT2D eigenvalue weighted by Crippen LogP contribution is -2.51. The molecule has 0 aromatic heterocycles. The van der Waals surface area contributed by atoms with Gasteiger partial charge in [0, 0.05) is 22.6 Å². The second-order valence-electron chi connectivity index (χ2n) is 9.77. The number of rotatable bonds is 11. The second-order valence-corrected chi connectivity index (χ2v) is 13.0. The average Bonchev–Trinajstić information content (AvgIpc) is 2.89. The molecule has 10 heteroatoms. The zero-order valence-corrected chi connectivity index (χ0v) is 25.6. The molecule has 0 bridgehead atoms. The summed E-state index contributed by atoms with van der Waals surface area (Å²) in [4.78, 5) is 28.4. The van der Waals surface area contributed by atoms with Gasteiger partial charge in [-0.2, -0.15) is 0 Å². The molecule has 3 aromatic carbocycles. The third-order valence-corrected chi connectivity index (χ3v) is 8.64. The van der Waals surface area contributed by atoms with E-state index >= 15 is 0 Å². The molecular formula is C29H33BrClN3O4S. The number of aryl methyl sites for hydroxylation is 1. The first kappa shape index (κ1) is 30.7. The van der Waals surface area contributed by atoms with Gasteiger partial charge in [-0.05, 0) is 67.8 Å². The lowest BCUT2D eigenvalue weighted by atomic mass is 10.1. The molecule has 0 aliphatic heterocycles. The molecule has 0 aliphatic carbocycles. The van der Waals surface area contributed by atoms with Gasteiger partial charge < -0.3 is 10.2 Å². The SMILES string of the molecule is Cc1ccc(S(=O)(=O)N(CC(=O)N(Cc2ccc(Cl)cc2)[C@@H](C)C(=O)NCC(C)C)c2cccc(Br)c2)cc1. The van der Waals surface area contributed by atoms with Crippen LogP contribution in [0.1, 0.15) is 31.9 Å². The molecule has 2 amide bonds. The average molecular weight is 635 g/mol. The van der Waals surface area contributed by atoms with Crippen molar-refractivity contribution in [1.82, 2.24) is 10.2 Å². The van der Waals surface area contributed by atoms with E-state index in [0.717, 1.165) is 15.4 Å². The quantitative estimate of drug-likeness (QED) is 0.289. The molecule has 0 fully saturated rings. The normalized spacial score (nSPS) is 12.2. The third kappa shape index (κ3) is 8.30. The first-order valence-electron chi connectivity index (χ1n) is 12.5. The predicted molar refractivity (Wildman–Crippen MR) is 159 cm³/mol. The highest BCUT2D eigenvalue weighted by molar-refractivity contribution is 9.10. The highest BCUT2D eigenvalue weighted by Crippen LogP contribution is 2.27. The lowest BCUT2D eigenvalue weighted by Gasteiger charge is -2.32. The molecule has 0 aliphatic rings. The van der Waals surface area contributed by atoms with Crippen molar-refractivity contribution in [3.63, 3.8) is 0 Å². The number of halogens is 2. The molecule has 0 radical (unpaired) electrons. The molecule has 1 N–H and O–H groups in total. The van der Waals surface area contributed by atoms with Gasteiger partial charge in [0.05, 0.1) is 10.6 Å². The number of nitrogens with one attached hydrogen (secondary N) is 1. The highest BCUT2D eigenvalue weighted by atomic mass is 79.9. The molecule has 0 spiro atoms. The first-order chi connectivity index (χ1) is 18.4. The molecule has 7 nitrogen and oxygen atoms in total. The minimum Gasteiger partial charge on any atom is -0.354 e. The number of benzene rings is 3. The van der Waals surface area contributed by atoms with E-state index in [0.29, 0.717) is 21.7 Å². The molecule has 208 valence electrons. The number of carbonyl (C=O) groups excluding carboxylic acids is 2. The fourth-order valence-corrected chi connectivity index (χ4v) is 5.74. The maximum Gasteiger partial charge on any atom is 0.264 e. The smallest absolute Gasteiger partial charge is 0.264 e. The molecule has 3 aromatic rings. The van der Waals surface area contributed by atoms with Crippen LogP contribution in [0.5, 0.6) is 0 Å². The van der Waals surface area contributed by atoms with Crippen LogP contribution in [0.2, 0.25) is 5.02 Å². The standard InChI is InChI=1S/C29H33BrClN3O4S/c1-20(2)17-32-29(36)22(4)33(18-23-10-12-25(31)13-11-23)28(35)19-34(26-7-5-6-24(30)16-26)39(37,38)27-14-8-21(3)9-15-27/h5-16,20,22H,17-19H2,1-4H3,(H,32,36)/t22-/m0/s1. The van der Waals surface area contributed by atoms with Crippen molar-refractivity contribution >= 4 is 55.1 Å². The van der Waals surface area contributed by atoms with Crippen LogP contribution < -0.4 is 9.62 Å². The van der Waals surface area contributed by atoms with Crippen molar-refractivity contribution in [3.05, 3.63) is 93.4 Å². The molecule has 0 unspecified atom stereocenters. The largest absolute Gasteiger partial charge is 0.354 e. The third-order valence-electron chi connectivity index (χ3n) is 6.10. The summed E-state index contributed by atoms with van der Waals surface area (Å²) in [6.45, 7) is 7.53. The number of hydrogen-bond donors (Lipinski definition) is 1. The minimum atomic E-state index is -4.12. The van der Waals surface area contributed by atoms with Gasteiger partial charge in [-0.25, -0.2) is 8.42 Å². The molecule has 39 heavy (non-hydrogen) atoms. The molecule has 0 saturated heterocycles. The Kier molecular flexibility index (Phi) is 10.6. The van der Waals surface area contributed by atoms with E-state index in [1.807, 2.05) is 20.8 Å². The summed E-state index contributed by atoms with van der Waals surface area (Å²) in [7, 11) is -4.12. The molecule has 0 heterocycles. The number of nitrogens with zero attached hydrogens (tertiary/aromatic N) is 2. The number of sulfonamides is 1. The Morgan fingerprint density at radius 3 is 2.21 bits per heavy atom. The zero-order chi connectivity index (χ0) is 28.7. The Bertz CT molecular complexity index is 1400. The molecule has 1 atom stereocenters.